The zero-order valence-corrected chi connectivity index (χ0v) is 15.2. The van der Waals surface area contributed by atoms with E-state index in [0.717, 1.165) is 0 Å². The van der Waals surface area contributed by atoms with Crippen molar-refractivity contribution in [2.75, 3.05) is 27.3 Å². The van der Waals surface area contributed by atoms with Crippen molar-refractivity contribution in [3.05, 3.63) is 23.8 Å². The molecule has 0 spiro atoms. The highest BCUT2D eigenvalue weighted by Crippen LogP contribution is 2.25. The molecule has 0 amide bonds. The van der Waals surface area contributed by atoms with Gasteiger partial charge >= 0.3 is 12.6 Å². The first-order valence-electron chi connectivity index (χ1n) is 8.22. The third-order valence-electron chi connectivity index (χ3n) is 3.31. The number of nitrogens with zero attached hydrogens (tertiary/aromatic N) is 1. The van der Waals surface area contributed by atoms with Gasteiger partial charge in [-0.1, -0.05) is 0 Å². The predicted molar refractivity (Wildman–Crippen MR) is 93.7 cm³/mol. The normalized spacial score (nSPS) is 11.2. The molecule has 0 atom stereocenters. The predicted octanol–water partition coefficient (Wildman–Crippen LogP) is 2.30. The number of halogens is 2. The number of nitrogens with one attached hydrogen (secondary N) is 2. The zero-order valence-electron chi connectivity index (χ0n) is 15.2. The Balaban J connectivity index is 2.55. The van der Waals surface area contributed by atoms with Gasteiger partial charge in [-0.2, -0.15) is 8.78 Å². The molecule has 146 valence electrons. The van der Waals surface area contributed by atoms with Gasteiger partial charge in [0.2, 0.25) is 0 Å². The molecular weight excluding hydrogens is 348 g/mol. The van der Waals surface area contributed by atoms with Crippen LogP contribution < -0.4 is 20.1 Å². The van der Waals surface area contributed by atoms with Crippen LogP contribution in [0.4, 0.5) is 8.78 Å². The van der Waals surface area contributed by atoms with Crippen LogP contribution in [0.15, 0.2) is 23.2 Å². The van der Waals surface area contributed by atoms with Crippen LogP contribution in [0.1, 0.15) is 25.3 Å². The van der Waals surface area contributed by atoms with Gasteiger partial charge in [-0.15, -0.1) is 0 Å². The third-order valence-corrected chi connectivity index (χ3v) is 3.31. The van der Waals surface area contributed by atoms with Crippen LogP contribution in [0.3, 0.4) is 0 Å². The Kier molecular flexibility index (Phi) is 9.81. The van der Waals surface area contributed by atoms with Crippen molar-refractivity contribution in [1.29, 1.82) is 0 Å². The van der Waals surface area contributed by atoms with E-state index in [4.69, 9.17) is 9.47 Å². The molecule has 0 radical (unpaired) electrons. The molecule has 26 heavy (non-hydrogen) atoms. The van der Waals surface area contributed by atoms with Crippen molar-refractivity contribution in [1.82, 2.24) is 10.6 Å². The number of carbonyl (C=O) groups is 1. The number of methoxy groups -OCH3 is 1. The summed E-state index contributed by atoms with van der Waals surface area (Å²) in [6.45, 7) is -0.0817. The number of guanidine groups is 1. The molecule has 0 unspecified atom stereocenters. The SMILES string of the molecule is CCOC(=O)CCCNC(=NC)NCc1cc(OC)ccc1OC(F)F. The minimum Gasteiger partial charge on any atom is -0.497 e. The smallest absolute Gasteiger partial charge is 0.387 e. The van der Waals surface area contributed by atoms with Crippen LogP contribution in [-0.2, 0) is 16.1 Å². The number of hydrogen-bond donors (Lipinski definition) is 2. The Labute approximate surface area is 151 Å². The Morgan fingerprint density at radius 3 is 2.69 bits per heavy atom. The summed E-state index contributed by atoms with van der Waals surface area (Å²) in [7, 11) is 3.08. The minimum absolute atomic E-state index is 0.0612. The average molecular weight is 373 g/mol. The highest BCUT2D eigenvalue weighted by Gasteiger charge is 2.11. The molecule has 0 aliphatic carbocycles. The van der Waals surface area contributed by atoms with Gasteiger partial charge in [-0.05, 0) is 31.5 Å². The van der Waals surface area contributed by atoms with E-state index >= 15 is 0 Å². The highest BCUT2D eigenvalue weighted by atomic mass is 19.3. The molecular formula is C17H25F2N3O4. The Bertz CT molecular complexity index is 597. The van der Waals surface area contributed by atoms with Crippen LogP contribution in [0.25, 0.3) is 0 Å². The van der Waals surface area contributed by atoms with E-state index in [2.05, 4.69) is 20.4 Å². The Morgan fingerprint density at radius 1 is 1.31 bits per heavy atom. The topological polar surface area (TPSA) is 81.2 Å². The Morgan fingerprint density at radius 2 is 2.08 bits per heavy atom. The lowest BCUT2D eigenvalue weighted by Gasteiger charge is -2.15. The van der Waals surface area contributed by atoms with Crippen molar-refractivity contribution >= 4 is 11.9 Å². The van der Waals surface area contributed by atoms with Crippen LogP contribution in [0.5, 0.6) is 11.5 Å². The monoisotopic (exact) mass is 373 g/mol. The standard InChI is InChI=1S/C17H25F2N3O4/c1-4-25-15(23)6-5-9-21-17(20-2)22-11-12-10-13(24-3)7-8-14(12)26-16(18)19/h7-8,10,16H,4-6,9,11H2,1-3H3,(H2,20,21,22). The maximum absolute atomic E-state index is 12.5. The fourth-order valence-electron chi connectivity index (χ4n) is 2.10. The molecule has 1 aromatic carbocycles. The molecule has 1 aromatic rings. The molecule has 0 fully saturated rings. The second kappa shape index (κ2) is 11.9. The molecule has 9 heteroatoms. The van der Waals surface area contributed by atoms with Gasteiger partial charge in [-0.25, -0.2) is 0 Å². The molecule has 2 N–H and O–H groups in total. The summed E-state index contributed by atoms with van der Waals surface area (Å²) in [4.78, 5) is 15.3. The average Bonchev–Trinajstić information content (AvgIpc) is 2.62. The molecule has 1 rings (SSSR count). The van der Waals surface area contributed by atoms with E-state index in [9.17, 15) is 13.6 Å². The van der Waals surface area contributed by atoms with Crippen molar-refractivity contribution in [2.45, 2.75) is 32.9 Å². The number of carbonyl (C=O) groups excluding carboxylic acids is 1. The largest absolute Gasteiger partial charge is 0.497 e. The molecule has 0 aliphatic rings. The third kappa shape index (κ3) is 8.00. The van der Waals surface area contributed by atoms with E-state index < -0.39 is 6.61 Å². The van der Waals surface area contributed by atoms with Gasteiger partial charge in [0.15, 0.2) is 5.96 Å². The maximum Gasteiger partial charge on any atom is 0.387 e. The van der Waals surface area contributed by atoms with Crippen LogP contribution in [0, 0.1) is 0 Å². The van der Waals surface area contributed by atoms with Gasteiger partial charge < -0.3 is 24.8 Å². The van der Waals surface area contributed by atoms with E-state index in [1.54, 1.807) is 26.1 Å². The number of alkyl halides is 2. The summed E-state index contributed by atoms with van der Waals surface area (Å²) >= 11 is 0. The number of hydrogen-bond acceptors (Lipinski definition) is 5. The number of esters is 1. The first-order valence-corrected chi connectivity index (χ1v) is 8.22. The van der Waals surface area contributed by atoms with Gasteiger partial charge in [0, 0.05) is 32.1 Å². The Hall–Kier alpha value is -2.58. The summed E-state index contributed by atoms with van der Waals surface area (Å²) in [5.74, 6) is 0.814. The molecule has 0 heterocycles. The highest BCUT2D eigenvalue weighted by molar-refractivity contribution is 5.79. The second-order valence-electron chi connectivity index (χ2n) is 5.11. The maximum atomic E-state index is 12.5. The number of aliphatic imine (C=N–C) groups is 1. The first kappa shape index (κ1) is 21.5. The lowest BCUT2D eigenvalue weighted by molar-refractivity contribution is -0.143. The van der Waals surface area contributed by atoms with E-state index in [1.165, 1.54) is 13.2 Å². The van der Waals surface area contributed by atoms with E-state index in [1.807, 2.05) is 0 Å². The van der Waals surface area contributed by atoms with Crippen molar-refractivity contribution in [3.8, 4) is 11.5 Å². The summed E-state index contributed by atoms with van der Waals surface area (Å²) in [5.41, 5.74) is 0.499. The molecule has 0 aliphatic heterocycles. The number of rotatable bonds is 10. The lowest BCUT2D eigenvalue weighted by Crippen LogP contribution is -2.37. The fraction of sp³-hybridized carbons (Fsp3) is 0.529. The van der Waals surface area contributed by atoms with Gasteiger partial charge in [0.25, 0.3) is 0 Å². The van der Waals surface area contributed by atoms with Gasteiger partial charge in [-0.3, -0.25) is 9.79 Å². The molecule has 7 nitrogen and oxygen atoms in total. The van der Waals surface area contributed by atoms with Crippen molar-refractivity contribution in [2.24, 2.45) is 4.99 Å². The summed E-state index contributed by atoms with van der Waals surface area (Å²) in [6.07, 6.45) is 0.887. The van der Waals surface area contributed by atoms with E-state index in [-0.39, 0.29) is 18.3 Å². The summed E-state index contributed by atoms with van der Waals surface area (Å²) in [6, 6.07) is 4.58. The molecule has 0 saturated heterocycles. The van der Waals surface area contributed by atoms with Gasteiger partial charge in [0.05, 0.1) is 13.7 Å². The second-order valence-corrected chi connectivity index (χ2v) is 5.11. The van der Waals surface area contributed by atoms with Crippen molar-refractivity contribution in [3.63, 3.8) is 0 Å². The van der Waals surface area contributed by atoms with Crippen LogP contribution >= 0.6 is 0 Å². The molecule has 0 aromatic heterocycles. The first-order chi connectivity index (χ1) is 12.5. The quantitative estimate of drug-likeness (QED) is 0.284. The summed E-state index contributed by atoms with van der Waals surface area (Å²) in [5, 5.41) is 6.04. The summed E-state index contributed by atoms with van der Waals surface area (Å²) < 4.78 is 39.5. The lowest BCUT2D eigenvalue weighted by atomic mass is 10.2. The van der Waals surface area contributed by atoms with E-state index in [0.29, 0.717) is 43.3 Å². The number of ether oxygens (including phenoxy) is 3. The molecule has 0 saturated carbocycles. The zero-order chi connectivity index (χ0) is 19.4. The van der Waals surface area contributed by atoms with Crippen LogP contribution in [-0.4, -0.2) is 45.8 Å². The van der Waals surface area contributed by atoms with Gasteiger partial charge in [0.1, 0.15) is 11.5 Å². The number of benzene rings is 1. The van der Waals surface area contributed by atoms with Crippen molar-refractivity contribution < 1.29 is 27.8 Å². The fourth-order valence-corrected chi connectivity index (χ4v) is 2.10. The minimum atomic E-state index is -2.91. The van der Waals surface area contributed by atoms with Crippen LogP contribution in [0.2, 0.25) is 0 Å². The molecule has 0 bridgehead atoms.